The minimum atomic E-state index is 0.573. The molecule has 0 saturated heterocycles. The molecule has 0 spiro atoms. The quantitative estimate of drug-likeness (QED) is 0.781. The van der Waals surface area contributed by atoms with Gasteiger partial charge in [0.15, 0.2) is 5.82 Å². The van der Waals surface area contributed by atoms with Crippen LogP contribution in [0, 0.1) is 18.3 Å². The van der Waals surface area contributed by atoms with Gasteiger partial charge in [0.25, 0.3) is 0 Å². The fourth-order valence-electron chi connectivity index (χ4n) is 2.56. The van der Waals surface area contributed by atoms with Gasteiger partial charge in [0, 0.05) is 12.2 Å². The van der Waals surface area contributed by atoms with Gasteiger partial charge >= 0.3 is 0 Å². The highest BCUT2D eigenvalue weighted by Gasteiger charge is 2.21. The van der Waals surface area contributed by atoms with E-state index in [2.05, 4.69) is 46.3 Å². The summed E-state index contributed by atoms with van der Waals surface area (Å²) in [6.07, 6.45) is 3.70. The number of anilines is 2. The van der Waals surface area contributed by atoms with Crippen LogP contribution in [0.1, 0.15) is 23.1 Å². The molecule has 0 radical (unpaired) electrons. The number of rotatable bonds is 1. The molecule has 2 aromatic rings. The minimum Gasteiger partial charge on any atom is -0.324 e. The van der Waals surface area contributed by atoms with Crippen LogP contribution in [0.15, 0.2) is 30.5 Å². The first-order chi connectivity index (χ1) is 9.29. The third-order valence-electron chi connectivity index (χ3n) is 3.43. The van der Waals surface area contributed by atoms with Gasteiger partial charge in [0.2, 0.25) is 0 Å². The predicted molar refractivity (Wildman–Crippen MR) is 73.3 cm³/mol. The van der Waals surface area contributed by atoms with Gasteiger partial charge in [-0.05, 0) is 37.5 Å². The Morgan fingerprint density at radius 1 is 1.32 bits per heavy atom. The second-order valence-corrected chi connectivity index (χ2v) is 4.77. The molecule has 2 heterocycles. The molecule has 19 heavy (non-hydrogen) atoms. The van der Waals surface area contributed by atoms with Crippen molar-refractivity contribution in [3.05, 3.63) is 47.2 Å². The molecule has 94 valence electrons. The van der Waals surface area contributed by atoms with Crippen LogP contribution >= 0.6 is 0 Å². The van der Waals surface area contributed by atoms with Gasteiger partial charge in [-0.1, -0.05) is 17.7 Å². The molecule has 4 nitrogen and oxygen atoms in total. The van der Waals surface area contributed by atoms with Crippen LogP contribution in [0.2, 0.25) is 0 Å². The minimum absolute atomic E-state index is 0.573. The monoisotopic (exact) mass is 250 g/mol. The molecule has 0 fully saturated rings. The third-order valence-corrected chi connectivity index (χ3v) is 3.43. The standard InChI is InChI=1S/C15H14N4/c1-11-4-5-14-12(9-11)3-2-8-19(14)15-13(10-16)6-7-17-18-15/h4-7,9H,2-3,8H2,1H3. The molecule has 0 bridgehead atoms. The van der Waals surface area contributed by atoms with Gasteiger partial charge < -0.3 is 4.90 Å². The maximum Gasteiger partial charge on any atom is 0.173 e. The lowest BCUT2D eigenvalue weighted by atomic mass is 9.99. The Labute approximate surface area is 112 Å². The van der Waals surface area contributed by atoms with Crippen molar-refractivity contribution in [2.45, 2.75) is 19.8 Å². The summed E-state index contributed by atoms with van der Waals surface area (Å²) >= 11 is 0. The van der Waals surface area contributed by atoms with Gasteiger partial charge in [-0.2, -0.15) is 10.4 Å². The van der Waals surface area contributed by atoms with Crippen molar-refractivity contribution < 1.29 is 0 Å². The zero-order valence-corrected chi connectivity index (χ0v) is 10.8. The normalized spacial score (nSPS) is 13.8. The Morgan fingerprint density at radius 3 is 3.05 bits per heavy atom. The molecule has 1 aromatic carbocycles. The summed E-state index contributed by atoms with van der Waals surface area (Å²) < 4.78 is 0. The largest absolute Gasteiger partial charge is 0.324 e. The predicted octanol–water partition coefficient (Wildman–Crippen LogP) is 2.74. The lowest BCUT2D eigenvalue weighted by Crippen LogP contribution is -2.26. The zero-order chi connectivity index (χ0) is 13.2. The SMILES string of the molecule is Cc1ccc2c(c1)CCCN2c1nnccc1C#N. The van der Waals surface area contributed by atoms with Crippen molar-refractivity contribution >= 4 is 11.5 Å². The molecule has 1 aliphatic heterocycles. The smallest absolute Gasteiger partial charge is 0.173 e. The van der Waals surface area contributed by atoms with Crippen molar-refractivity contribution in [3.8, 4) is 6.07 Å². The maximum absolute atomic E-state index is 9.20. The highest BCUT2D eigenvalue weighted by atomic mass is 15.3. The fraction of sp³-hybridized carbons (Fsp3) is 0.267. The lowest BCUT2D eigenvalue weighted by molar-refractivity contribution is 0.751. The Bertz CT molecular complexity index is 657. The molecule has 0 saturated carbocycles. The highest BCUT2D eigenvalue weighted by molar-refractivity contribution is 5.69. The molecule has 1 aliphatic rings. The van der Waals surface area contributed by atoms with Gasteiger partial charge in [-0.15, -0.1) is 5.10 Å². The van der Waals surface area contributed by atoms with Crippen molar-refractivity contribution in [3.63, 3.8) is 0 Å². The molecule has 1 aromatic heterocycles. The summed E-state index contributed by atoms with van der Waals surface area (Å²) in [6.45, 7) is 2.98. The van der Waals surface area contributed by atoms with Crippen LogP contribution < -0.4 is 4.90 Å². The van der Waals surface area contributed by atoms with E-state index in [1.54, 1.807) is 12.3 Å². The van der Waals surface area contributed by atoms with E-state index in [0.717, 1.165) is 25.1 Å². The summed E-state index contributed by atoms with van der Waals surface area (Å²) in [5.41, 5.74) is 4.30. The molecule has 0 unspecified atom stereocenters. The third kappa shape index (κ3) is 2.04. The average Bonchev–Trinajstić information content (AvgIpc) is 2.46. The molecular formula is C15H14N4. The van der Waals surface area contributed by atoms with E-state index in [0.29, 0.717) is 11.4 Å². The van der Waals surface area contributed by atoms with Crippen molar-refractivity contribution in [1.29, 1.82) is 5.26 Å². The number of fused-ring (bicyclic) bond motifs is 1. The Morgan fingerprint density at radius 2 is 2.21 bits per heavy atom. The van der Waals surface area contributed by atoms with Crippen LogP contribution in [0.25, 0.3) is 0 Å². The first kappa shape index (κ1) is 11.7. The van der Waals surface area contributed by atoms with E-state index in [1.807, 2.05) is 0 Å². The van der Waals surface area contributed by atoms with Gasteiger partial charge in [0.05, 0.1) is 11.8 Å². The first-order valence-electron chi connectivity index (χ1n) is 6.38. The number of nitrogens with zero attached hydrogens (tertiary/aromatic N) is 4. The zero-order valence-electron chi connectivity index (χ0n) is 10.8. The topological polar surface area (TPSA) is 52.8 Å². The fourth-order valence-corrected chi connectivity index (χ4v) is 2.56. The van der Waals surface area contributed by atoms with E-state index in [9.17, 15) is 5.26 Å². The van der Waals surface area contributed by atoms with Crippen LogP contribution in [0.4, 0.5) is 11.5 Å². The molecule has 3 rings (SSSR count). The number of aromatic nitrogens is 2. The number of nitriles is 1. The second kappa shape index (κ2) is 4.69. The summed E-state index contributed by atoms with van der Waals surface area (Å²) in [5, 5.41) is 17.3. The summed E-state index contributed by atoms with van der Waals surface area (Å²) in [6, 6.07) is 10.3. The van der Waals surface area contributed by atoms with Crippen LogP contribution in [0.5, 0.6) is 0 Å². The number of hydrogen-bond donors (Lipinski definition) is 0. The van der Waals surface area contributed by atoms with E-state index in [4.69, 9.17) is 0 Å². The molecule has 4 heteroatoms. The van der Waals surface area contributed by atoms with Crippen molar-refractivity contribution in [2.24, 2.45) is 0 Å². The summed E-state index contributed by atoms with van der Waals surface area (Å²) in [7, 11) is 0. The van der Waals surface area contributed by atoms with Gasteiger partial charge in [0.1, 0.15) is 6.07 Å². The molecule has 0 aliphatic carbocycles. The van der Waals surface area contributed by atoms with Gasteiger partial charge in [-0.3, -0.25) is 0 Å². The first-order valence-corrected chi connectivity index (χ1v) is 6.38. The Kier molecular flexibility index (Phi) is 2.88. The van der Waals surface area contributed by atoms with Crippen LogP contribution in [-0.2, 0) is 6.42 Å². The van der Waals surface area contributed by atoms with Crippen LogP contribution in [0.3, 0.4) is 0 Å². The van der Waals surface area contributed by atoms with E-state index >= 15 is 0 Å². The summed E-state index contributed by atoms with van der Waals surface area (Å²) in [4.78, 5) is 2.10. The van der Waals surface area contributed by atoms with Gasteiger partial charge in [-0.25, -0.2) is 0 Å². The van der Waals surface area contributed by atoms with Crippen LogP contribution in [-0.4, -0.2) is 16.7 Å². The molecule has 0 amide bonds. The molecular weight excluding hydrogens is 236 g/mol. The molecule has 0 atom stereocenters. The molecule has 0 N–H and O–H groups in total. The van der Waals surface area contributed by atoms with Crippen molar-refractivity contribution in [1.82, 2.24) is 10.2 Å². The lowest BCUT2D eigenvalue weighted by Gasteiger charge is -2.30. The Hall–Kier alpha value is -2.41. The second-order valence-electron chi connectivity index (χ2n) is 4.77. The van der Waals surface area contributed by atoms with E-state index in [-0.39, 0.29) is 0 Å². The number of aryl methyl sites for hydroxylation is 2. The van der Waals surface area contributed by atoms with E-state index < -0.39 is 0 Å². The number of benzene rings is 1. The van der Waals surface area contributed by atoms with Crippen molar-refractivity contribution in [2.75, 3.05) is 11.4 Å². The highest BCUT2D eigenvalue weighted by Crippen LogP contribution is 2.33. The van der Waals surface area contributed by atoms with E-state index in [1.165, 1.54) is 11.1 Å². The number of hydrogen-bond acceptors (Lipinski definition) is 4. The summed E-state index contributed by atoms with van der Waals surface area (Å²) in [5.74, 6) is 0.662. The maximum atomic E-state index is 9.20. The average molecular weight is 250 g/mol. The Balaban J connectivity index is 2.12.